The number of carbonyl (C=O) groups is 1. The zero-order valence-corrected chi connectivity index (χ0v) is 17.8. The van der Waals surface area contributed by atoms with Crippen LogP contribution in [0.2, 0.25) is 0 Å². The third-order valence-electron chi connectivity index (χ3n) is 4.42. The molecule has 3 rings (SSSR count). The standard InChI is InChI=1S/C22H25N3O6/c1-14-6-5-7-15(8-14)17-11-20(25(2)24-17)23-18-9-16(30-12-28-3)10-19(31-13-29-4)21(18)22(26)27/h5-11,23H,12-13H2,1-4H3,(H,26,27). The van der Waals surface area contributed by atoms with E-state index in [9.17, 15) is 9.90 Å². The number of carboxylic acid groups (broad SMARTS) is 1. The highest BCUT2D eigenvalue weighted by Gasteiger charge is 2.21. The Balaban J connectivity index is 2.02. The zero-order valence-electron chi connectivity index (χ0n) is 17.8. The molecule has 31 heavy (non-hydrogen) atoms. The van der Waals surface area contributed by atoms with Crippen molar-refractivity contribution in [2.45, 2.75) is 6.92 Å². The van der Waals surface area contributed by atoms with Crippen LogP contribution in [-0.4, -0.2) is 48.7 Å². The Morgan fingerprint density at radius 1 is 1.10 bits per heavy atom. The molecule has 0 spiro atoms. The molecular weight excluding hydrogens is 402 g/mol. The molecule has 0 unspecified atom stereocenters. The van der Waals surface area contributed by atoms with Crippen LogP contribution >= 0.6 is 0 Å². The van der Waals surface area contributed by atoms with Gasteiger partial charge in [0, 0.05) is 45.0 Å². The molecule has 0 saturated carbocycles. The van der Waals surface area contributed by atoms with Crippen molar-refractivity contribution in [2.24, 2.45) is 7.05 Å². The molecule has 9 nitrogen and oxygen atoms in total. The van der Waals surface area contributed by atoms with Crippen molar-refractivity contribution in [3.05, 3.63) is 53.6 Å². The number of ether oxygens (including phenoxy) is 4. The molecule has 0 amide bonds. The summed E-state index contributed by atoms with van der Waals surface area (Å²) >= 11 is 0. The third-order valence-corrected chi connectivity index (χ3v) is 4.42. The number of carboxylic acids is 1. The van der Waals surface area contributed by atoms with Crippen LogP contribution in [0.1, 0.15) is 15.9 Å². The normalized spacial score (nSPS) is 10.7. The molecule has 2 aromatic carbocycles. The second-order valence-corrected chi connectivity index (χ2v) is 6.78. The Labute approximate surface area is 180 Å². The van der Waals surface area contributed by atoms with Gasteiger partial charge in [-0.2, -0.15) is 5.10 Å². The number of methoxy groups -OCH3 is 2. The summed E-state index contributed by atoms with van der Waals surface area (Å²) in [7, 11) is 4.72. The Morgan fingerprint density at radius 2 is 1.84 bits per heavy atom. The van der Waals surface area contributed by atoms with E-state index in [4.69, 9.17) is 18.9 Å². The van der Waals surface area contributed by atoms with Gasteiger partial charge in [-0.15, -0.1) is 0 Å². The van der Waals surface area contributed by atoms with Gasteiger partial charge in [-0.05, 0) is 13.0 Å². The SMILES string of the molecule is COCOc1cc(Nc2cc(-c3cccc(C)c3)nn2C)c(C(=O)O)c(OCOC)c1. The van der Waals surface area contributed by atoms with E-state index in [-0.39, 0.29) is 30.6 Å². The first-order chi connectivity index (χ1) is 14.9. The van der Waals surface area contributed by atoms with Gasteiger partial charge in [0.15, 0.2) is 13.6 Å². The summed E-state index contributed by atoms with van der Waals surface area (Å²) in [5, 5.41) is 17.5. The van der Waals surface area contributed by atoms with E-state index >= 15 is 0 Å². The molecule has 0 atom stereocenters. The summed E-state index contributed by atoms with van der Waals surface area (Å²) in [6.45, 7) is 1.90. The number of anilines is 2. The molecule has 0 aliphatic heterocycles. The quantitative estimate of drug-likeness (QED) is 0.471. The Kier molecular flexibility index (Phi) is 7.11. The van der Waals surface area contributed by atoms with Crippen LogP contribution in [0.15, 0.2) is 42.5 Å². The van der Waals surface area contributed by atoms with Crippen molar-refractivity contribution in [1.29, 1.82) is 0 Å². The van der Waals surface area contributed by atoms with E-state index < -0.39 is 5.97 Å². The minimum Gasteiger partial charge on any atom is -0.477 e. The van der Waals surface area contributed by atoms with Crippen molar-refractivity contribution in [2.75, 3.05) is 33.1 Å². The molecule has 0 saturated heterocycles. The summed E-state index contributed by atoms with van der Waals surface area (Å²) in [4.78, 5) is 12.0. The lowest BCUT2D eigenvalue weighted by Crippen LogP contribution is -2.11. The topological polar surface area (TPSA) is 104 Å². The number of rotatable bonds is 10. The van der Waals surface area contributed by atoms with Crippen LogP contribution in [-0.2, 0) is 16.5 Å². The lowest BCUT2D eigenvalue weighted by molar-refractivity contribution is 0.0446. The number of aryl methyl sites for hydroxylation is 2. The van der Waals surface area contributed by atoms with E-state index in [1.807, 2.05) is 37.3 Å². The molecule has 0 bridgehead atoms. The van der Waals surface area contributed by atoms with Gasteiger partial charge < -0.3 is 29.4 Å². The maximum absolute atomic E-state index is 12.0. The lowest BCUT2D eigenvalue weighted by atomic mass is 10.1. The Hall–Kier alpha value is -3.56. The molecule has 2 N–H and O–H groups in total. The van der Waals surface area contributed by atoms with Gasteiger partial charge in [0.1, 0.15) is 22.9 Å². The van der Waals surface area contributed by atoms with Gasteiger partial charge in [0.25, 0.3) is 0 Å². The number of nitrogens with one attached hydrogen (secondary N) is 1. The van der Waals surface area contributed by atoms with Gasteiger partial charge in [-0.1, -0.05) is 23.8 Å². The second-order valence-electron chi connectivity index (χ2n) is 6.78. The van der Waals surface area contributed by atoms with Crippen molar-refractivity contribution in [3.63, 3.8) is 0 Å². The number of benzene rings is 2. The molecule has 0 aliphatic rings. The number of aromatic carboxylic acids is 1. The average Bonchev–Trinajstić information content (AvgIpc) is 3.10. The first kappa shape index (κ1) is 22.1. The maximum atomic E-state index is 12.0. The molecule has 9 heteroatoms. The van der Waals surface area contributed by atoms with Crippen molar-refractivity contribution < 1.29 is 28.8 Å². The minimum absolute atomic E-state index is 0.00120. The summed E-state index contributed by atoms with van der Waals surface area (Å²) in [5.41, 5.74) is 3.07. The first-order valence-corrected chi connectivity index (χ1v) is 9.46. The fraction of sp³-hybridized carbons (Fsp3) is 0.273. The summed E-state index contributed by atoms with van der Waals surface area (Å²) < 4.78 is 22.5. The Morgan fingerprint density at radius 3 is 2.52 bits per heavy atom. The highest BCUT2D eigenvalue weighted by atomic mass is 16.7. The minimum atomic E-state index is -1.16. The molecule has 1 aromatic heterocycles. The van der Waals surface area contributed by atoms with Crippen LogP contribution in [0.3, 0.4) is 0 Å². The van der Waals surface area contributed by atoms with E-state index in [0.29, 0.717) is 11.6 Å². The highest BCUT2D eigenvalue weighted by molar-refractivity contribution is 5.98. The van der Waals surface area contributed by atoms with E-state index in [1.54, 1.807) is 17.8 Å². The van der Waals surface area contributed by atoms with Crippen LogP contribution in [0.25, 0.3) is 11.3 Å². The van der Waals surface area contributed by atoms with Crippen LogP contribution in [0.4, 0.5) is 11.5 Å². The summed E-state index contributed by atoms with van der Waals surface area (Å²) in [5.74, 6) is -0.0818. The van der Waals surface area contributed by atoms with Crippen molar-refractivity contribution in [1.82, 2.24) is 9.78 Å². The van der Waals surface area contributed by atoms with E-state index in [0.717, 1.165) is 16.8 Å². The summed E-state index contributed by atoms with van der Waals surface area (Å²) in [6, 6.07) is 12.9. The lowest BCUT2D eigenvalue weighted by Gasteiger charge is -2.16. The molecule has 3 aromatic rings. The predicted molar refractivity (Wildman–Crippen MR) is 115 cm³/mol. The first-order valence-electron chi connectivity index (χ1n) is 9.46. The number of hydrogen-bond donors (Lipinski definition) is 2. The van der Waals surface area contributed by atoms with Gasteiger partial charge in [0.05, 0.1) is 11.4 Å². The third kappa shape index (κ3) is 5.33. The fourth-order valence-electron chi connectivity index (χ4n) is 3.02. The molecule has 0 radical (unpaired) electrons. The monoisotopic (exact) mass is 427 g/mol. The predicted octanol–water partition coefficient (Wildman–Crippen LogP) is 3.80. The van der Waals surface area contributed by atoms with Gasteiger partial charge >= 0.3 is 5.97 Å². The van der Waals surface area contributed by atoms with Gasteiger partial charge in [0.2, 0.25) is 0 Å². The van der Waals surface area contributed by atoms with Crippen molar-refractivity contribution in [3.8, 4) is 22.8 Å². The van der Waals surface area contributed by atoms with E-state index in [2.05, 4.69) is 10.4 Å². The Bertz CT molecular complexity index is 1060. The number of aromatic nitrogens is 2. The number of hydrogen-bond acceptors (Lipinski definition) is 7. The molecular formula is C22H25N3O6. The molecule has 0 fully saturated rings. The smallest absolute Gasteiger partial charge is 0.341 e. The van der Waals surface area contributed by atoms with Gasteiger partial charge in [-0.3, -0.25) is 4.68 Å². The van der Waals surface area contributed by atoms with Crippen LogP contribution < -0.4 is 14.8 Å². The zero-order chi connectivity index (χ0) is 22.4. The molecule has 1 heterocycles. The largest absolute Gasteiger partial charge is 0.477 e. The molecule has 164 valence electrons. The number of nitrogens with zero attached hydrogens (tertiary/aromatic N) is 2. The molecule has 0 aliphatic carbocycles. The van der Waals surface area contributed by atoms with Crippen LogP contribution in [0, 0.1) is 6.92 Å². The summed E-state index contributed by atoms with van der Waals surface area (Å²) in [6.07, 6.45) is 0. The van der Waals surface area contributed by atoms with Gasteiger partial charge in [-0.25, -0.2) is 4.79 Å². The average molecular weight is 427 g/mol. The highest BCUT2D eigenvalue weighted by Crippen LogP contribution is 2.35. The fourth-order valence-corrected chi connectivity index (χ4v) is 3.02. The van der Waals surface area contributed by atoms with Crippen LogP contribution in [0.5, 0.6) is 11.5 Å². The van der Waals surface area contributed by atoms with E-state index in [1.165, 1.54) is 20.3 Å². The maximum Gasteiger partial charge on any atom is 0.341 e. The second kappa shape index (κ2) is 9.96. The van der Waals surface area contributed by atoms with Crippen molar-refractivity contribution >= 4 is 17.5 Å².